The van der Waals surface area contributed by atoms with Crippen LogP contribution in [-0.4, -0.2) is 55.7 Å². The van der Waals surface area contributed by atoms with Crippen LogP contribution >= 0.6 is 0 Å². The Bertz CT molecular complexity index is 1620. The first-order valence-corrected chi connectivity index (χ1v) is 13.2. The highest BCUT2D eigenvalue weighted by Crippen LogP contribution is 2.57. The zero-order valence-corrected chi connectivity index (χ0v) is 21.5. The Labute approximate surface area is 220 Å². The molecular formula is C30H30N4O4. The first kappa shape index (κ1) is 23.2. The van der Waals surface area contributed by atoms with Crippen molar-refractivity contribution in [2.24, 2.45) is 5.92 Å². The maximum atomic E-state index is 13.2. The summed E-state index contributed by atoms with van der Waals surface area (Å²) >= 11 is 0. The zero-order valence-electron chi connectivity index (χ0n) is 21.5. The Balaban J connectivity index is 1.17. The molecule has 38 heavy (non-hydrogen) atoms. The van der Waals surface area contributed by atoms with Crippen LogP contribution in [0.4, 0.5) is 0 Å². The van der Waals surface area contributed by atoms with E-state index in [4.69, 9.17) is 4.74 Å². The van der Waals surface area contributed by atoms with Crippen LogP contribution in [0.25, 0.3) is 16.3 Å². The van der Waals surface area contributed by atoms with E-state index in [-0.39, 0.29) is 17.4 Å². The third-order valence-corrected chi connectivity index (χ3v) is 8.60. The van der Waals surface area contributed by atoms with Gasteiger partial charge in [-0.05, 0) is 86.1 Å². The molecule has 1 atom stereocenters. The molecule has 3 heterocycles. The number of rotatable bonds is 5. The van der Waals surface area contributed by atoms with E-state index in [0.717, 1.165) is 41.5 Å². The second kappa shape index (κ2) is 8.04. The van der Waals surface area contributed by atoms with E-state index in [1.54, 1.807) is 34.8 Å². The van der Waals surface area contributed by atoms with Crippen molar-refractivity contribution < 1.29 is 19.4 Å². The van der Waals surface area contributed by atoms with E-state index < -0.39 is 5.60 Å². The van der Waals surface area contributed by atoms with Gasteiger partial charge in [0.25, 0.3) is 11.8 Å². The highest BCUT2D eigenvalue weighted by Gasteiger charge is 2.57. The van der Waals surface area contributed by atoms with Gasteiger partial charge in [0.05, 0.1) is 17.4 Å². The van der Waals surface area contributed by atoms with Crippen LogP contribution in [0.1, 0.15) is 58.9 Å². The van der Waals surface area contributed by atoms with E-state index in [1.165, 1.54) is 0 Å². The van der Waals surface area contributed by atoms with Gasteiger partial charge in [0.15, 0.2) is 5.75 Å². The first-order valence-electron chi connectivity index (χ1n) is 13.2. The van der Waals surface area contributed by atoms with Crippen LogP contribution in [0.3, 0.4) is 0 Å². The largest absolute Gasteiger partial charge is 0.455 e. The van der Waals surface area contributed by atoms with Gasteiger partial charge in [-0.15, -0.1) is 0 Å². The highest BCUT2D eigenvalue weighted by atomic mass is 16.5. The molecule has 8 nitrogen and oxygen atoms in total. The lowest BCUT2D eigenvalue weighted by atomic mass is 9.50. The molecule has 2 bridgehead atoms. The average Bonchev–Trinajstić information content (AvgIpc) is 3.39. The standard InChI is InChI=1S/C30H30N4O4/c1-18-24(28(36)33-11-9-29(2,37)17-33)16-34-26(18)25(8-10-31-34)38-21-6-7-22-20(12-21)4-3-5-23(22)27(35)32-30-13-19(14-30)15-30/h3-8,10,12,16,19,37H,9,11,13-15,17H2,1-2H3,(H,32,35)/t19?,29-,30?/m1/s1. The molecule has 1 aliphatic heterocycles. The summed E-state index contributed by atoms with van der Waals surface area (Å²) in [7, 11) is 0. The molecule has 2 N–H and O–H groups in total. The summed E-state index contributed by atoms with van der Waals surface area (Å²) in [5, 5.41) is 19.8. The molecule has 8 heteroatoms. The molecule has 194 valence electrons. The number of carbonyl (C=O) groups is 2. The van der Waals surface area contributed by atoms with Crippen molar-refractivity contribution >= 4 is 28.1 Å². The molecule has 4 aliphatic rings. The molecule has 3 aliphatic carbocycles. The normalized spacial score (nSPS) is 25.8. The summed E-state index contributed by atoms with van der Waals surface area (Å²) in [4.78, 5) is 28.0. The van der Waals surface area contributed by atoms with Crippen molar-refractivity contribution in [3.05, 3.63) is 71.5 Å². The van der Waals surface area contributed by atoms with Gasteiger partial charge in [0.1, 0.15) is 11.3 Å². The van der Waals surface area contributed by atoms with Crippen molar-refractivity contribution in [2.75, 3.05) is 13.1 Å². The van der Waals surface area contributed by atoms with E-state index in [0.29, 0.717) is 47.7 Å². The number of aromatic nitrogens is 2. The maximum Gasteiger partial charge on any atom is 0.255 e. The van der Waals surface area contributed by atoms with E-state index in [2.05, 4.69) is 10.4 Å². The van der Waals surface area contributed by atoms with E-state index in [9.17, 15) is 14.7 Å². The van der Waals surface area contributed by atoms with Crippen LogP contribution in [0.2, 0.25) is 0 Å². The second-order valence-corrected chi connectivity index (χ2v) is 11.6. The van der Waals surface area contributed by atoms with Crippen LogP contribution in [0.15, 0.2) is 54.9 Å². The fourth-order valence-electron chi connectivity index (χ4n) is 6.40. The first-order chi connectivity index (χ1) is 18.2. The predicted molar refractivity (Wildman–Crippen MR) is 143 cm³/mol. The summed E-state index contributed by atoms with van der Waals surface area (Å²) < 4.78 is 7.99. The molecule has 0 unspecified atom stereocenters. The molecule has 3 saturated carbocycles. The summed E-state index contributed by atoms with van der Waals surface area (Å²) in [6.07, 6.45) is 7.24. The lowest BCUT2D eigenvalue weighted by molar-refractivity contribution is -0.0438. The molecule has 0 spiro atoms. The fraction of sp³-hybridized carbons (Fsp3) is 0.367. The Hall–Kier alpha value is -3.91. The van der Waals surface area contributed by atoms with E-state index in [1.807, 2.05) is 43.3 Å². The van der Waals surface area contributed by atoms with Gasteiger partial charge in [-0.25, -0.2) is 4.52 Å². The lowest BCUT2D eigenvalue weighted by Gasteiger charge is -2.61. The molecule has 1 saturated heterocycles. The van der Waals surface area contributed by atoms with Gasteiger partial charge in [0.2, 0.25) is 0 Å². The Morgan fingerprint density at radius 2 is 1.95 bits per heavy atom. The van der Waals surface area contributed by atoms with Gasteiger partial charge in [-0.2, -0.15) is 5.10 Å². The third-order valence-electron chi connectivity index (χ3n) is 8.60. The minimum absolute atomic E-state index is 0.0150. The number of nitrogens with zero attached hydrogens (tertiary/aromatic N) is 3. The molecule has 8 rings (SSSR count). The monoisotopic (exact) mass is 510 g/mol. The minimum atomic E-state index is -0.858. The van der Waals surface area contributed by atoms with Gasteiger partial charge in [-0.1, -0.05) is 12.1 Å². The lowest BCUT2D eigenvalue weighted by Crippen LogP contribution is -2.68. The minimum Gasteiger partial charge on any atom is -0.455 e. The van der Waals surface area contributed by atoms with Crippen molar-refractivity contribution in [3.63, 3.8) is 0 Å². The van der Waals surface area contributed by atoms with Crippen LogP contribution in [0, 0.1) is 12.8 Å². The number of amides is 2. The highest BCUT2D eigenvalue weighted by molar-refractivity contribution is 6.07. The quantitative estimate of drug-likeness (QED) is 0.413. The number of carbonyl (C=O) groups excluding carboxylic acids is 2. The number of hydrogen-bond acceptors (Lipinski definition) is 5. The predicted octanol–water partition coefficient (Wildman–Crippen LogP) is 4.47. The summed E-state index contributed by atoms with van der Waals surface area (Å²) in [5.74, 6) is 1.89. The summed E-state index contributed by atoms with van der Waals surface area (Å²) in [6, 6.07) is 13.3. The number of β-amino-alcohol motifs (C(OH)–C–C–N with tert-alkyl or cyclic N) is 1. The summed E-state index contributed by atoms with van der Waals surface area (Å²) in [5.41, 5.74) is 1.89. The fourth-order valence-corrected chi connectivity index (χ4v) is 6.40. The maximum absolute atomic E-state index is 13.2. The second-order valence-electron chi connectivity index (χ2n) is 11.6. The van der Waals surface area contributed by atoms with Crippen LogP contribution in [0.5, 0.6) is 11.5 Å². The number of nitrogens with one attached hydrogen (secondary N) is 1. The molecule has 2 aromatic carbocycles. The topological polar surface area (TPSA) is 96.2 Å². The Morgan fingerprint density at radius 3 is 2.66 bits per heavy atom. The van der Waals surface area contributed by atoms with E-state index >= 15 is 0 Å². The van der Waals surface area contributed by atoms with Crippen LogP contribution < -0.4 is 10.1 Å². The number of benzene rings is 2. The van der Waals surface area contributed by atoms with Crippen molar-refractivity contribution in [1.82, 2.24) is 19.8 Å². The Morgan fingerprint density at radius 1 is 1.13 bits per heavy atom. The molecule has 2 amide bonds. The van der Waals surface area contributed by atoms with Crippen LogP contribution in [-0.2, 0) is 0 Å². The molecule has 2 aromatic heterocycles. The number of aliphatic hydroxyl groups is 1. The molecule has 4 aromatic rings. The van der Waals surface area contributed by atoms with Crippen molar-refractivity contribution in [1.29, 1.82) is 0 Å². The van der Waals surface area contributed by atoms with Gasteiger partial charge in [0, 0.05) is 36.5 Å². The molecular weight excluding hydrogens is 480 g/mol. The SMILES string of the molecule is Cc1c(C(=O)N2CC[C@@](C)(O)C2)cn2nccc(Oc3ccc4c(C(=O)NC56CC(C5)C6)cccc4c3)c12. The number of aryl methyl sites for hydroxylation is 1. The van der Waals surface area contributed by atoms with Gasteiger partial charge >= 0.3 is 0 Å². The summed E-state index contributed by atoms with van der Waals surface area (Å²) in [6.45, 7) is 4.48. The Kier molecular flexibility index (Phi) is 4.92. The smallest absolute Gasteiger partial charge is 0.255 e. The average molecular weight is 511 g/mol. The number of likely N-dealkylation sites (tertiary alicyclic amines) is 1. The van der Waals surface area contributed by atoms with Crippen molar-refractivity contribution in [2.45, 2.75) is 50.7 Å². The third kappa shape index (κ3) is 3.66. The number of ether oxygens (including phenoxy) is 1. The number of fused-ring (bicyclic) bond motifs is 2. The molecule has 4 fully saturated rings. The van der Waals surface area contributed by atoms with Crippen molar-refractivity contribution in [3.8, 4) is 11.5 Å². The number of hydrogen-bond donors (Lipinski definition) is 2. The molecule has 0 radical (unpaired) electrons. The van der Waals surface area contributed by atoms with Gasteiger partial charge in [-0.3, -0.25) is 9.59 Å². The zero-order chi connectivity index (χ0) is 26.2. The van der Waals surface area contributed by atoms with Gasteiger partial charge < -0.3 is 20.1 Å².